The molecule has 0 N–H and O–H groups in total. The third kappa shape index (κ3) is 3.75. The van der Waals surface area contributed by atoms with Crippen molar-refractivity contribution >= 4 is 0 Å². The maximum absolute atomic E-state index is 11.6. The van der Waals surface area contributed by atoms with E-state index < -0.39 is 0 Å². The first-order chi connectivity index (χ1) is 5.33. The Hall–Kier alpha value is -0.860. The van der Waals surface area contributed by atoms with E-state index in [2.05, 4.69) is 5.10 Å². The predicted octanol–water partition coefficient (Wildman–Crippen LogP) is 2.19. The Labute approximate surface area is 67.0 Å². The zero-order valence-corrected chi connectivity index (χ0v) is 7.34. The molecule has 11 heavy (non-hydrogen) atoms. The Morgan fingerprint density at radius 2 is 2.18 bits per heavy atom. The topological polar surface area (TPSA) is 17.8 Å². The lowest BCUT2D eigenvalue weighted by Gasteiger charge is -1.92. The van der Waals surface area contributed by atoms with Crippen molar-refractivity contribution in [1.29, 1.82) is 0 Å². The van der Waals surface area contributed by atoms with Crippen molar-refractivity contribution in [3.8, 4) is 0 Å². The van der Waals surface area contributed by atoms with Crippen molar-refractivity contribution in [3.05, 3.63) is 18.0 Å². The molecule has 0 bridgehead atoms. The van der Waals surface area contributed by atoms with Crippen molar-refractivity contribution in [3.63, 3.8) is 0 Å². The van der Waals surface area contributed by atoms with Crippen LogP contribution in [0.4, 0.5) is 4.39 Å². The van der Waals surface area contributed by atoms with Crippen molar-refractivity contribution in [2.24, 2.45) is 0 Å². The molecule has 1 aromatic heterocycles. The van der Waals surface area contributed by atoms with Gasteiger partial charge in [0.25, 0.3) is 0 Å². The average Bonchev–Trinajstić information content (AvgIpc) is 2.41. The van der Waals surface area contributed by atoms with E-state index in [4.69, 9.17) is 0 Å². The van der Waals surface area contributed by atoms with Gasteiger partial charge in [-0.15, -0.1) is 0 Å². The molecule has 2 nitrogen and oxygen atoms in total. The lowest BCUT2D eigenvalue weighted by molar-refractivity contribution is 0.426. The van der Waals surface area contributed by atoms with Crippen molar-refractivity contribution in [2.45, 2.75) is 27.3 Å². The third-order valence-corrected chi connectivity index (χ3v) is 1.09. The number of aromatic nitrogens is 2. The molecule has 0 spiro atoms. The van der Waals surface area contributed by atoms with Crippen LogP contribution in [-0.4, -0.2) is 16.5 Å². The number of rotatable bonds is 2. The van der Waals surface area contributed by atoms with E-state index in [1.165, 1.54) is 0 Å². The zero-order chi connectivity index (χ0) is 8.69. The normalized spacial score (nSPS) is 8.73. The van der Waals surface area contributed by atoms with Crippen LogP contribution in [0.1, 0.15) is 19.5 Å². The molecule has 0 aliphatic rings. The molecule has 3 heteroatoms. The second kappa shape index (κ2) is 5.89. The van der Waals surface area contributed by atoms with Crippen LogP contribution in [-0.2, 0) is 6.54 Å². The van der Waals surface area contributed by atoms with Gasteiger partial charge in [0.05, 0.1) is 12.2 Å². The maximum atomic E-state index is 11.6. The minimum Gasteiger partial charge on any atom is -0.270 e. The Balaban J connectivity index is 0.000000461. The molecule has 0 fully saturated rings. The van der Waals surface area contributed by atoms with Crippen molar-refractivity contribution in [2.75, 3.05) is 6.67 Å². The second-order valence-electron chi connectivity index (χ2n) is 1.91. The van der Waals surface area contributed by atoms with Crippen LogP contribution in [0.15, 0.2) is 12.3 Å². The first kappa shape index (κ1) is 10.1. The molecule has 0 aliphatic heterocycles. The van der Waals surface area contributed by atoms with Gasteiger partial charge in [-0.3, -0.25) is 4.68 Å². The van der Waals surface area contributed by atoms with Crippen LogP contribution in [0.25, 0.3) is 0 Å². The number of aryl methyl sites for hydroxylation is 2. The molecule has 0 radical (unpaired) electrons. The van der Waals surface area contributed by atoms with Crippen LogP contribution in [0.2, 0.25) is 0 Å². The summed E-state index contributed by atoms with van der Waals surface area (Å²) in [5, 5.41) is 3.98. The molecule has 1 rings (SSSR count). The number of alkyl halides is 1. The highest BCUT2D eigenvalue weighted by Crippen LogP contribution is 1.91. The van der Waals surface area contributed by atoms with Gasteiger partial charge < -0.3 is 0 Å². The molecule has 0 saturated heterocycles. The molecule has 0 aromatic carbocycles. The van der Waals surface area contributed by atoms with E-state index in [-0.39, 0.29) is 6.67 Å². The van der Waals surface area contributed by atoms with Gasteiger partial charge in [-0.1, -0.05) is 13.8 Å². The van der Waals surface area contributed by atoms with Gasteiger partial charge in [0, 0.05) is 6.20 Å². The molecule has 0 unspecified atom stereocenters. The second-order valence-corrected chi connectivity index (χ2v) is 1.91. The Bertz CT molecular complexity index is 184. The molecule has 64 valence electrons. The highest BCUT2D eigenvalue weighted by Gasteiger charge is 1.90. The lowest BCUT2D eigenvalue weighted by Crippen LogP contribution is -1.99. The summed E-state index contributed by atoms with van der Waals surface area (Å²) < 4.78 is 13.2. The van der Waals surface area contributed by atoms with E-state index in [9.17, 15) is 4.39 Å². The van der Waals surface area contributed by atoms with E-state index in [1.54, 1.807) is 10.9 Å². The van der Waals surface area contributed by atoms with Gasteiger partial charge in [0.2, 0.25) is 0 Å². The third-order valence-electron chi connectivity index (χ3n) is 1.09. The number of hydrogen-bond acceptors (Lipinski definition) is 1. The summed E-state index contributed by atoms with van der Waals surface area (Å²) in [5.41, 5.74) is 0.934. The fourth-order valence-electron chi connectivity index (χ4n) is 0.674. The number of nitrogens with zero attached hydrogens (tertiary/aromatic N) is 2. The minimum atomic E-state index is -0.346. The van der Waals surface area contributed by atoms with Gasteiger partial charge in [0.15, 0.2) is 0 Å². The predicted molar refractivity (Wildman–Crippen MR) is 44.3 cm³/mol. The van der Waals surface area contributed by atoms with Crippen molar-refractivity contribution < 1.29 is 4.39 Å². The summed E-state index contributed by atoms with van der Waals surface area (Å²) in [6.07, 6.45) is 1.77. The molecule has 0 aliphatic carbocycles. The number of halogens is 1. The molecule has 0 saturated carbocycles. The maximum Gasteiger partial charge on any atom is 0.109 e. The van der Waals surface area contributed by atoms with Crippen LogP contribution >= 0.6 is 0 Å². The quantitative estimate of drug-likeness (QED) is 0.645. The van der Waals surface area contributed by atoms with Gasteiger partial charge in [-0.25, -0.2) is 4.39 Å². The fourth-order valence-corrected chi connectivity index (χ4v) is 0.674. The Morgan fingerprint density at radius 3 is 2.55 bits per heavy atom. The molecular formula is C8H15FN2. The zero-order valence-electron chi connectivity index (χ0n) is 7.34. The minimum absolute atomic E-state index is 0.346. The van der Waals surface area contributed by atoms with Crippen LogP contribution in [0, 0.1) is 6.92 Å². The Kier molecular flexibility index (Phi) is 5.43. The van der Waals surface area contributed by atoms with Gasteiger partial charge in [-0.2, -0.15) is 5.10 Å². The summed E-state index contributed by atoms with van der Waals surface area (Å²) >= 11 is 0. The smallest absolute Gasteiger partial charge is 0.109 e. The van der Waals surface area contributed by atoms with Gasteiger partial charge in [-0.05, 0) is 13.0 Å². The van der Waals surface area contributed by atoms with Crippen molar-refractivity contribution in [1.82, 2.24) is 9.78 Å². The average molecular weight is 158 g/mol. The molecule has 1 aromatic rings. The van der Waals surface area contributed by atoms with E-state index in [1.807, 2.05) is 26.8 Å². The van der Waals surface area contributed by atoms with Gasteiger partial charge in [0.1, 0.15) is 6.67 Å². The lowest BCUT2D eigenvalue weighted by atomic mass is 10.5. The summed E-state index contributed by atoms with van der Waals surface area (Å²) in [7, 11) is 0. The molecule has 1 heterocycles. The van der Waals surface area contributed by atoms with E-state index in [0.29, 0.717) is 6.54 Å². The van der Waals surface area contributed by atoms with Crippen LogP contribution in [0.5, 0.6) is 0 Å². The molecule has 0 atom stereocenters. The fraction of sp³-hybridized carbons (Fsp3) is 0.625. The van der Waals surface area contributed by atoms with E-state index >= 15 is 0 Å². The van der Waals surface area contributed by atoms with Gasteiger partial charge >= 0.3 is 0 Å². The van der Waals surface area contributed by atoms with E-state index in [0.717, 1.165) is 5.69 Å². The first-order valence-corrected chi connectivity index (χ1v) is 3.89. The monoisotopic (exact) mass is 158 g/mol. The highest BCUT2D eigenvalue weighted by molar-refractivity contribution is 4.94. The first-order valence-electron chi connectivity index (χ1n) is 3.89. The van der Waals surface area contributed by atoms with Crippen LogP contribution < -0.4 is 0 Å². The summed E-state index contributed by atoms with van der Waals surface area (Å²) in [5.74, 6) is 0. The largest absolute Gasteiger partial charge is 0.270 e. The molecular weight excluding hydrogens is 143 g/mol. The summed E-state index contributed by atoms with van der Waals surface area (Å²) in [6.45, 7) is 5.91. The molecule has 0 amide bonds. The number of hydrogen-bond donors (Lipinski definition) is 0. The Morgan fingerprint density at radius 1 is 1.55 bits per heavy atom. The standard InChI is InChI=1S/C6H9FN2.C2H6/c1-6-2-4-9(8-6)5-3-7;1-2/h2,4H,3,5H2,1H3;1-2H3. The SMILES string of the molecule is CC.Cc1ccn(CCF)n1. The summed E-state index contributed by atoms with van der Waals surface area (Å²) in [6, 6.07) is 1.86. The highest BCUT2D eigenvalue weighted by atomic mass is 19.1. The summed E-state index contributed by atoms with van der Waals surface area (Å²) in [4.78, 5) is 0. The van der Waals surface area contributed by atoms with Crippen LogP contribution in [0.3, 0.4) is 0 Å².